The summed E-state index contributed by atoms with van der Waals surface area (Å²) < 4.78 is 1.98. The van der Waals surface area contributed by atoms with Crippen molar-refractivity contribution in [3.63, 3.8) is 0 Å². The summed E-state index contributed by atoms with van der Waals surface area (Å²) in [7, 11) is 0. The van der Waals surface area contributed by atoms with E-state index in [4.69, 9.17) is 0 Å². The number of thioether (sulfide) groups is 1. The number of carbonyl (C=O) groups is 1. The minimum absolute atomic E-state index is 0.0554. The highest BCUT2D eigenvalue weighted by atomic mass is 32.2. The smallest absolute Gasteiger partial charge is 0.234 e. The summed E-state index contributed by atoms with van der Waals surface area (Å²) in [6, 6.07) is 14.2. The van der Waals surface area contributed by atoms with E-state index in [9.17, 15) is 4.79 Å². The summed E-state index contributed by atoms with van der Waals surface area (Å²) in [6.45, 7) is 7.96. The number of aryl methyl sites for hydroxylation is 4. The number of nitrogens with one attached hydrogen (secondary N) is 1. The van der Waals surface area contributed by atoms with Crippen LogP contribution in [0.15, 0.2) is 47.6 Å². The number of anilines is 1. The largest absolute Gasteiger partial charge is 0.325 e. The van der Waals surface area contributed by atoms with Crippen molar-refractivity contribution >= 4 is 23.4 Å². The number of amides is 1. The maximum absolute atomic E-state index is 12.4. The second kappa shape index (κ2) is 7.74. The van der Waals surface area contributed by atoms with Gasteiger partial charge in [0.05, 0.1) is 5.75 Å². The molecule has 0 saturated heterocycles. The Labute approximate surface area is 157 Å². The van der Waals surface area contributed by atoms with Crippen molar-refractivity contribution in [2.75, 3.05) is 11.1 Å². The fraction of sp³-hybridized carbons (Fsp3) is 0.250. The van der Waals surface area contributed by atoms with Gasteiger partial charge in [-0.1, -0.05) is 36.0 Å². The topological polar surface area (TPSA) is 59.8 Å². The minimum Gasteiger partial charge on any atom is -0.325 e. The molecule has 1 amide bonds. The summed E-state index contributed by atoms with van der Waals surface area (Å²) in [5, 5.41) is 12.1. The van der Waals surface area contributed by atoms with Gasteiger partial charge in [-0.25, -0.2) is 0 Å². The predicted octanol–water partition coefficient (Wildman–Crippen LogP) is 4.23. The minimum atomic E-state index is -0.0554. The van der Waals surface area contributed by atoms with Crippen molar-refractivity contribution in [3.8, 4) is 5.69 Å². The Morgan fingerprint density at radius 3 is 2.58 bits per heavy atom. The van der Waals surface area contributed by atoms with Gasteiger partial charge in [0.15, 0.2) is 5.16 Å². The van der Waals surface area contributed by atoms with Gasteiger partial charge in [-0.3, -0.25) is 9.36 Å². The first-order valence-corrected chi connectivity index (χ1v) is 9.41. The molecule has 0 aliphatic carbocycles. The molecule has 0 atom stereocenters. The molecule has 26 heavy (non-hydrogen) atoms. The van der Waals surface area contributed by atoms with Crippen LogP contribution in [0.4, 0.5) is 5.69 Å². The number of carbonyl (C=O) groups excluding carboxylic acids is 1. The molecule has 0 saturated carbocycles. The molecule has 3 aromatic rings. The molecule has 0 aliphatic heterocycles. The van der Waals surface area contributed by atoms with E-state index in [1.165, 1.54) is 17.3 Å². The van der Waals surface area contributed by atoms with E-state index in [1.807, 2.05) is 68.7 Å². The van der Waals surface area contributed by atoms with E-state index < -0.39 is 0 Å². The van der Waals surface area contributed by atoms with Crippen molar-refractivity contribution in [2.45, 2.75) is 32.9 Å². The molecule has 1 N–H and O–H groups in total. The number of aromatic nitrogens is 3. The number of hydrogen-bond acceptors (Lipinski definition) is 4. The first-order chi connectivity index (χ1) is 12.4. The van der Waals surface area contributed by atoms with Gasteiger partial charge in [-0.15, -0.1) is 10.2 Å². The molecular weight excluding hydrogens is 344 g/mol. The van der Waals surface area contributed by atoms with Gasteiger partial charge in [0.1, 0.15) is 5.82 Å². The van der Waals surface area contributed by atoms with Crippen LogP contribution in [0, 0.1) is 27.7 Å². The molecular formula is C20H22N4OS. The number of rotatable bonds is 5. The standard InChI is InChI=1S/C20H22N4OS/c1-13-6-5-7-17(10-13)24-16(4)22-23-20(24)26-12-19(25)21-18-11-14(2)8-9-15(18)3/h5-11H,12H2,1-4H3,(H,21,25). The van der Waals surface area contributed by atoms with Crippen molar-refractivity contribution in [1.82, 2.24) is 14.8 Å². The normalized spacial score (nSPS) is 10.8. The van der Waals surface area contributed by atoms with E-state index in [-0.39, 0.29) is 11.7 Å². The molecule has 5 nitrogen and oxygen atoms in total. The van der Waals surface area contributed by atoms with E-state index in [2.05, 4.69) is 21.6 Å². The van der Waals surface area contributed by atoms with Crippen molar-refractivity contribution in [2.24, 2.45) is 0 Å². The molecule has 1 aromatic heterocycles. The van der Waals surface area contributed by atoms with Crippen LogP contribution in [0.2, 0.25) is 0 Å². The van der Waals surface area contributed by atoms with Crippen LogP contribution in [0.5, 0.6) is 0 Å². The second-order valence-corrected chi connectivity index (χ2v) is 7.30. The maximum Gasteiger partial charge on any atom is 0.234 e. The zero-order valence-electron chi connectivity index (χ0n) is 15.4. The summed E-state index contributed by atoms with van der Waals surface area (Å²) in [5.74, 6) is 1.02. The van der Waals surface area contributed by atoms with Crippen LogP contribution in [0.25, 0.3) is 5.69 Å². The fourth-order valence-electron chi connectivity index (χ4n) is 2.69. The molecule has 1 heterocycles. The van der Waals surface area contributed by atoms with Gasteiger partial charge in [0.25, 0.3) is 0 Å². The summed E-state index contributed by atoms with van der Waals surface area (Å²) >= 11 is 1.38. The molecule has 6 heteroatoms. The number of nitrogens with zero attached hydrogens (tertiary/aromatic N) is 3. The van der Waals surface area contributed by atoms with Crippen LogP contribution in [0.3, 0.4) is 0 Å². The van der Waals surface area contributed by atoms with Crippen molar-refractivity contribution in [3.05, 3.63) is 65.0 Å². The fourth-order valence-corrected chi connectivity index (χ4v) is 3.49. The highest BCUT2D eigenvalue weighted by molar-refractivity contribution is 7.99. The molecule has 0 aliphatic rings. The Morgan fingerprint density at radius 1 is 1.04 bits per heavy atom. The van der Waals surface area contributed by atoms with E-state index in [1.54, 1.807) is 0 Å². The lowest BCUT2D eigenvalue weighted by atomic mass is 10.1. The maximum atomic E-state index is 12.4. The molecule has 0 unspecified atom stereocenters. The zero-order valence-corrected chi connectivity index (χ0v) is 16.2. The summed E-state index contributed by atoms with van der Waals surface area (Å²) in [5.41, 5.74) is 5.19. The first kappa shape index (κ1) is 18.2. The molecule has 0 bridgehead atoms. The zero-order chi connectivity index (χ0) is 18.7. The Bertz CT molecular complexity index is 949. The van der Waals surface area contributed by atoms with Gasteiger partial charge in [0, 0.05) is 11.4 Å². The highest BCUT2D eigenvalue weighted by Gasteiger charge is 2.14. The number of benzene rings is 2. The average molecular weight is 366 g/mol. The van der Waals surface area contributed by atoms with Gasteiger partial charge >= 0.3 is 0 Å². The Balaban J connectivity index is 1.72. The molecule has 134 valence electrons. The first-order valence-electron chi connectivity index (χ1n) is 8.43. The lowest BCUT2D eigenvalue weighted by Crippen LogP contribution is -2.15. The monoisotopic (exact) mass is 366 g/mol. The lowest BCUT2D eigenvalue weighted by Gasteiger charge is -2.10. The van der Waals surface area contributed by atoms with Crippen LogP contribution in [-0.2, 0) is 4.79 Å². The molecule has 0 spiro atoms. The Hall–Kier alpha value is -2.60. The van der Waals surface area contributed by atoms with Gasteiger partial charge in [0.2, 0.25) is 5.91 Å². The third-order valence-corrected chi connectivity index (χ3v) is 4.98. The van der Waals surface area contributed by atoms with Crippen LogP contribution >= 0.6 is 11.8 Å². The quantitative estimate of drug-likeness (QED) is 0.687. The molecule has 2 aromatic carbocycles. The molecule has 0 radical (unpaired) electrons. The van der Waals surface area contributed by atoms with E-state index in [0.717, 1.165) is 28.3 Å². The predicted molar refractivity (Wildman–Crippen MR) is 106 cm³/mol. The third-order valence-electron chi connectivity index (χ3n) is 4.05. The van der Waals surface area contributed by atoms with Gasteiger partial charge in [-0.2, -0.15) is 0 Å². The van der Waals surface area contributed by atoms with E-state index in [0.29, 0.717) is 5.16 Å². The van der Waals surface area contributed by atoms with Crippen LogP contribution < -0.4 is 5.32 Å². The van der Waals surface area contributed by atoms with Crippen LogP contribution in [0.1, 0.15) is 22.5 Å². The number of hydrogen-bond donors (Lipinski definition) is 1. The molecule has 3 rings (SSSR count). The second-order valence-electron chi connectivity index (χ2n) is 6.36. The van der Waals surface area contributed by atoms with E-state index >= 15 is 0 Å². The highest BCUT2D eigenvalue weighted by Crippen LogP contribution is 2.23. The lowest BCUT2D eigenvalue weighted by molar-refractivity contribution is -0.113. The SMILES string of the molecule is Cc1cccc(-n2c(C)nnc2SCC(=O)Nc2cc(C)ccc2C)c1. The average Bonchev–Trinajstić information content (AvgIpc) is 2.97. The Morgan fingerprint density at radius 2 is 1.81 bits per heavy atom. The Kier molecular flexibility index (Phi) is 5.42. The van der Waals surface area contributed by atoms with Gasteiger partial charge < -0.3 is 5.32 Å². The third kappa shape index (κ3) is 4.14. The van der Waals surface area contributed by atoms with Gasteiger partial charge in [-0.05, 0) is 62.6 Å². The summed E-state index contributed by atoms with van der Waals surface area (Å²) in [6.07, 6.45) is 0. The van der Waals surface area contributed by atoms with Crippen molar-refractivity contribution in [1.29, 1.82) is 0 Å². The molecule has 0 fully saturated rings. The summed E-state index contributed by atoms with van der Waals surface area (Å²) in [4.78, 5) is 12.4. The van der Waals surface area contributed by atoms with Crippen LogP contribution in [-0.4, -0.2) is 26.4 Å². The van der Waals surface area contributed by atoms with Crippen molar-refractivity contribution < 1.29 is 4.79 Å².